The Labute approximate surface area is 158 Å². The van der Waals surface area contributed by atoms with E-state index in [9.17, 15) is 13.9 Å². The van der Waals surface area contributed by atoms with Crippen LogP contribution in [0.4, 0.5) is 11.4 Å². The summed E-state index contributed by atoms with van der Waals surface area (Å²) in [5, 5.41) is 3.59. The summed E-state index contributed by atoms with van der Waals surface area (Å²) < 4.78 is 21.8. The van der Waals surface area contributed by atoms with Gasteiger partial charge in [-0.1, -0.05) is 23.2 Å². The van der Waals surface area contributed by atoms with Gasteiger partial charge in [0.2, 0.25) is 0 Å². The van der Waals surface area contributed by atoms with Crippen molar-refractivity contribution in [2.45, 2.75) is 13.3 Å². The van der Waals surface area contributed by atoms with Crippen molar-refractivity contribution in [1.29, 1.82) is 0 Å². The molecule has 134 valence electrons. The molecule has 0 radical (unpaired) electrons. The van der Waals surface area contributed by atoms with Crippen LogP contribution in [0.2, 0.25) is 10.0 Å². The highest BCUT2D eigenvalue weighted by Crippen LogP contribution is 2.51. The van der Waals surface area contributed by atoms with E-state index in [0.717, 1.165) is 5.56 Å². The average molecular weight is 401 g/mol. The summed E-state index contributed by atoms with van der Waals surface area (Å²) in [7, 11) is -2.82. The van der Waals surface area contributed by atoms with Crippen molar-refractivity contribution >= 4 is 51.3 Å². The van der Waals surface area contributed by atoms with Crippen molar-refractivity contribution in [3.63, 3.8) is 0 Å². The lowest BCUT2D eigenvalue weighted by atomic mass is 10.1. The normalized spacial score (nSPS) is 17.4. The van der Waals surface area contributed by atoms with Gasteiger partial charge >= 0.3 is 0 Å². The van der Waals surface area contributed by atoms with Crippen LogP contribution in [0, 0.1) is 6.92 Å². The van der Waals surface area contributed by atoms with Crippen LogP contribution >= 0.6 is 34.0 Å². The van der Waals surface area contributed by atoms with Crippen LogP contribution in [-0.4, -0.2) is 27.3 Å². The summed E-state index contributed by atoms with van der Waals surface area (Å²) in [5.41, 5.74) is 2.32. The van der Waals surface area contributed by atoms with E-state index in [1.807, 2.05) is 6.92 Å². The van der Waals surface area contributed by atoms with Crippen LogP contribution < -0.4 is 9.62 Å². The van der Waals surface area contributed by atoms with Crippen LogP contribution in [0.3, 0.4) is 0 Å². The summed E-state index contributed by atoms with van der Waals surface area (Å²) >= 11 is 12.2. The maximum atomic E-state index is 12.6. The zero-order chi connectivity index (χ0) is 18.2. The minimum atomic E-state index is -2.82. The van der Waals surface area contributed by atoms with Gasteiger partial charge in [-0.2, -0.15) is 0 Å². The first-order valence-electron chi connectivity index (χ1n) is 7.68. The zero-order valence-electron chi connectivity index (χ0n) is 13.5. The molecular formula is C17H18Cl2N2O3S. The molecule has 1 aliphatic heterocycles. The third-order valence-corrected chi connectivity index (χ3v) is 6.40. The van der Waals surface area contributed by atoms with Gasteiger partial charge < -0.3 is 5.32 Å². The Hall–Kier alpha value is -1.44. The molecule has 25 heavy (non-hydrogen) atoms. The molecule has 5 nitrogen and oxygen atoms in total. The number of rotatable bonds is 3. The zero-order valence-corrected chi connectivity index (χ0v) is 15.8. The maximum Gasteiger partial charge on any atom is 0.257 e. The second-order valence-corrected chi connectivity index (χ2v) is 8.88. The predicted molar refractivity (Wildman–Crippen MR) is 105 cm³/mol. The SMILES string of the molecule is Cc1cc(Cl)cc(NC(=O)c2cc(N3CCCS3(O)O)ccc2Cl)c1. The molecule has 3 rings (SSSR count). The van der Waals surface area contributed by atoms with Gasteiger partial charge in [0.15, 0.2) is 0 Å². The summed E-state index contributed by atoms with van der Waals surface area (Å²) in [5.74, 6) is -0.0527. The smallest absolute Gasteiger partial charge is 0.257 e. The minimum Gasteiger partial charge on any atom is -0.322 e. The van der Waals surface area contributed by atoms with E-state index >= 15 is 0 Å². The van der Waals surface area contributed by atoms with Gasteiger partial charge in [0, 0.05) is 17.3 Å². The number of hydrogen-bond donors (Lipinski definition) is 3. The minimum absolute atomic E-state index is 0.263. The topological polar surface area (TPSA) is 72.8 Å². The molecule has 1 aliphatic rings. The van der Waals surface area contributed by atoms with E-state index in [0.29, 0.717) is 35.1 Å². The second-order valence-electron chi connectivity index (χ2n) is 5.93. The van der Waals surface area contributed by atoms with Crippen molar-refractivity contribution in [3.8, 4) is 0 Å². The first-order chi connectivity index (χ1) is 11.8. The number of carbonyl (C=O) groups excluding carboxylic acids is 1. The second kappa shape index (κ2) is 7.05. The van der Waals surface area contributed by atoms with Gasteiger partial charge in [0.1, 0.15) is 0 Å². The van der Waals surface area contributed by atoms with Gasteiger partial charge in [0.25, 0.3) is 5.91 Å². The van der Waals surface area contributed by atoms with Crippen molar-refractivity contribution in [2.24, 2.45) is 0 Å². The Bertz CT molecular complexity index is 809. The molecule has 1 heterocycles. The molecule has 0 spiro atoms. The Morgan fingerprint density at radius 1 is 1.20 bits per heavy atom. The van der Waals surface area contributed by atoms with Gasteiger partial charge in [-0.3, -0.25) is 18.2 Å². The number of nitrogens with one attached hydrogen (secondary N) is 1. The molecule has 1 fully saturated rings. The van der Waals surface area contributed by atoms with Gasteiger partial charge in [0.05, 0.1) is 22.0 Å². The third kappa shape index (κ3) is 4.04. The molecule has 1 amide bonds. The highest BCUT2D eigenvalue weighted by atomic mass is 35.5. The molecule has 8 heteroatoms. The fourth-order valence-corrected chi connectivity index (χ4v) is 4.91. The molecule has 3 N–H and O–H groups in total. The number of aryl methyl sites for hydroxylation is 1. The summed E-state index contributed by atoms with van der Waals surface area (Å²) in [4.78, 5) is 12.6. The van der Waals surface area contributed by atoms with Gasteiger partial charge in [-0.05, 0) is 55.3 Å². The van der Waals surface area contributed by atoms with Crippen LogP contribution in [0.1, 0.15) is 22.3 Å². The van der Waals surface area contributed by atoms with E-state index in [1.165, 1.54) is 4.31 Å². The number of halogens is 2. The summed E-state index contributed by atoms with van der Waals surface area (Å²) in [6.45, 7) is 2.41. The number of amides is 1. The predicted octanol–water partition coefficient (Wildman–Crippen LogP) is 5.43. The summed E-state index contributed by atoms with van der Waals surface area (Å²) in [6, 6.07) is 10.1. The first kappa shape index (κ1) is 18.4. The van der Waals surface area contributed by atoms with Gasteiger partial charge in [-0.25, -0.2) is 0 Å². The van der Waals surface area contributed by atoms with Crippen molar-refractivity contribution in [3.05, 3.63) is 57.6 Å². The van der Waals surface area contributed by atoms with Crippen LogP contribution in [-0.2, 0) is 0 Å². The average Bonchev–Trinajstić information content (AvgIpc) is 2.86. The number of anilines is 2. The molecule has 0 aliphatic carbocycles. The van der Waals surface area contributed by atoms with Crippen LogP contribution in [0.15, 0.2) is 36.4 Å². The monoisotopic (exact) mass is 400 g/mol. The highest BCUT2D eigenvalue weighted by molar-refractivity contribution is 8.25. The molecule has 0 unspecified atom stereocenters. The lowest BCUT2D eigenvalue weighted by Gasteiger charge is -2.38. The quantitative estimate of drug-likeness (QED) is 0.641. The van der Waals surface area contributed by atoms with E-state index in [-0.39, 0.29) is 16.5 Å². The Kier molecular flexibility index (Phi) is 5.18. The van der Waals surface area contributed by atoms with Crippen molar-refractivity contribution < 1.29 is 13.9 Å². The Morgan fingerprint density at radius 2 is 1.96 bits per heavy atom. The molecule has 2 aromatic rings. The van der Waals surface area contributed by atoms with E-state index in [1.54, 1.807) is 36.4 Å². The third-order valence-electron chi connectivity index (χ3n) is 3.91. The van der Waals surface area contributed by atoms with E-state index < -0.39 is 10.8 Å². The molecule has 2 aromatic carbocycles. The van der Waals surface area contributed by atoms with Crippen molar-refractivity contribution in [1.82, 2.24) is 0 Å². The Balaban J connectivity index is 1.88. The Morgan fingerprint density at radius 3 is 2.60 bits per heavy atom. The number of hydrogen-bond acceptors (Lipinski definition) is 4. The highest BCUT2D eigenvalue weighted by Gasteiger charge is 2.29. The van der Waals surface area contributed by atoms with Gasteiger partial charge in [-0.15, -0.1) is 10.8 Å². The lowest BCUT2D eigenvalue weighted by molar-refractivity contribution is 0.102. The first-order valence-corrected chi connectivity index (χ1v) is 10.1. The molecule has 0 atom stereocenters. The number of nitrogens with zero attached hydrogens (tertiary/aromatic N) is 1. The molecule has 0 aromatic heterocycles. The van der Waals surface area contributed by atoms with Crippen LogP contribution in [0.5, 0.6) is 0 Å². The van der Waals surface area contributed by atoms with Crippen molar-refractivity contribution in [2.75, 3.05) is 21.9 Å². The largest absolute Gasteiger partial charge is 0.322 e. The van der Waals surface area contributed by atoms with Crippen LogP contribution in [0.25, 0.3) is 0 Å². The number of benzene rings is 2. The van der Waals surface area contributed by atoms with E-state index in [4.69, 9.17) is 23.2 Å². The summed E-state index contributed by atoms with van der Waals surface area (Å²) in [6.07, 6.45) is 0.689. The lowest BCUT2D eigenvalue weighted by Crippen LogP contribution is -2.22. The fraction of sp³-hybridized carbons (Fsp3) is 0.235. The maximum absolute atomic E-state index is 12.6. The van der Waals surface area contributed by atoms with E-state index in [2.05, 4.69) is 5.32 Å². The molecule has 1 saturated heterocycles. The number of carbonyl (C=O) groups is 1. The molecule has 0 bridgehead atoms. The fourth-order valence-electron chi connectivity index (χ4n) is 2.81. The molecular weight excluding hydrogens is 383 g/mol. The molecule has 0 saturated carbocycles. The standard InChI is InChI=1S/C17H18Cl2N2O3S/c1-11-7-12(18)9-13(8-11)20-17(22)15-10-14(3-4-16(15)19)21-5-2-6-25(21,23)24/h3-4,7-10,23-24H,2,5-6H2,1H3,(H,20,22).